The Morgan fingerprint density at radius 3 is 2.73 bits per heavy atom. The van der Waals surface area contributed by atoms with E-state index >= 15 is 0 Å². The number of unbranched alkanes of at least 4 members (excludes halogenated alkanes) is 2. The molecule has 2 rings (SSSR count). The van der Waals surface area contributed by atoms with Crippen LogP contribution in [0.25, 0.3) is 0 Å². The molecule has 1 saturated carbocycles. The number of carbonyl (C=O) groups excluding carboxylic acids is 1. The van der Waals surface area contributed by atoms with E-state index in [9.17, 15) is 4.79 Å². The molecule has 0 radical (unpaired) electrons. The van der Waals surface area contributed by atoms with E-state index in [1.807, 2.05) is 0 Å². The monoisotopic (exact) mass is 304 g/mol. The van der Waals surface area contributed by atoms with Gasteiger partial charge in [-0.15, -0.1) is 0 Å². The Morgan fingerprint density at radius 2 is 2.00 bits per heavy atom. The summed E-state index contributed by atoms with van der Waals surface area (Å²) in [6, 6.07) is 1.98. The molecule has 22 heavy (non-hydrogen) atoms. The standard InChI is InChI=1S/C17H28N4O/c1-2-3-8-12-18-17-19-13-11-15(21-17)16(22)20-14-9-6-4-5-7-10-14/h11,13-14H,2-10,12H2,1H3,(H,20,22)(H,18,19,21). The average molecular weight is 304 g/mol. The molecular weight excluding hydrogens is 276 g/mol. The highest BCUT2D eigenvalue weighted by atomic mass is 16.1. The fourth-order valence-electron chi connectivity index (χ4n) is 2.83. The quantitative estimate of drug-likeness (QED) is 0.597. The van der Waals surface area contributed by atoms with Crippen LogP contribution in [0.5, 0.6) is 0 Å². The summed E-state index contributed by atoms with van der Waals surface area (Å²) in [6.45, 7) is 3.02. The first-order chi connectivity index (χ1) is 10.8. The van der Waals surface area contributed by atoms with Crippen LogP contribution in [0.3, 0.4) is 0 Å². The van der Waals surface area contributed by atoms with Gasteiger partial charge in [0.25, 0.3) is 5.91 Å². The lowest BCUT2D eigenvalue weighted by Crippen LogP contribution is -2.35. The minimum atomic E-state index is -0.0779. The van der Waals surface area contributed by atoms with Crippen LogP contribution in [0.2, 0.25) is 0 Å². The van der Waals surface area contributed by atoms with Gasteiger partial charge in [0.1, 0.15) is 5.69 Å². The van der Waals surface area contributed by atoms with Crippen molar-refractivity contribution in [2.75, 3.05) is 11.9 Å². The minimum Gasteiger partial charge on any atom is -0.354 e. The lowest BCUT2D eigenvalue weighted by atomic mass is 10.1. The lowest BCUT2D eigenvalue weighted by molar-refractivity contribution is 0.0928. The highest BCUT2D eigenvalue weighted by Crippen LogP contribution is 2.17. The number of hydrogen-bond acceptors (Lipinski definition) is 4. The fourth-order valence-corrected chi connectivity index (χ4v) is 2.83. The molecule has 122 valence electrons. The molecule has 1 aromatic rings. The predicted molar refractivity (Wildman–Crippen MR) is 89.0 cm³/mol. The topological polar surface area (TPSA) is 66.9 Å². The van der Waals surface area contributed by atoms with Crippen LogP contribution in [0.1, 0.15) is 75.2 Å². The van der Waals surface area contributed by atoms with Gasteiger partial charge in [-0.1, -0.05) is 45.4 Å². The summed E-state index contributed by atoms with van der Waals surface area (Å²) in [6.07, 6.45) is 12.3. The summed E-state index contributed by atoms with van der Waals surface area (Å²) >= 11 is 0. The number of amides is 1. The normalized spacial score (nSPS) is 16.0. The van der Waals surface area contributed by atoms with Crippen molar-refractivity contribution in [3.05, 3.63) is 18.0 Å². The molecule has 0 aliphatic heterocycles. The van der Waals surface area contributed by atoms with Crippen LogP contribution < -0.4 is 10.6 Å². The van der Waals surface area contributed by atoms with Crippen molar-refractivity contribution in [3.8, 4) is 0 Å². The first-order valence-corrected chi connectivity index (χ1v) is 8.67. The predicted octanol–water partition coefficient (Wildman–Crippen LogP) is 3.53. The fraction of sp³-hybridized carbons (Fsp3) is 0.706. The molecule has 0 unspecified atom stereocenters. The summed E-state index contributed by atoms with van der Waals surface area (Å²) in [7, 11) is 0. The van der Waals surface area contributed by atoms with Gasteiger partial charge < -0.3 is 10.6 Å². The van der Waals surface area contributed by atoms with Crippen molar-refractivity contribution in [1.82, 2.24) is 15.3 Å². The molecule has 1 fully saturated rings. The van der Waals surface area contributed by atoms with Crippen molar-refractivity contribution in [2.45, 2.75) is 70.8 Å². The number of hydrogen-bond donors (Lipinski definition) is 2. The first kappa shape index (κ1) is 16.7. The van der Waals surface area contributed by atoms with Gasteiger partial charge in [0, 0.05) is 18.8 Å². The number of anilines is 1. The second-order valence-corrected chi connectivity index (χ2v) is 6.06. The Bertz CT molecular complexity index is 456. The number of rotatable bonds is 7. The summed E-state index contributed by atoms with van der Waals surface area (Å²) in [4.78, 5) is 20.8. The van der Waals surface area contributed by atoms with Crippen molar-refractivity contribution < 1.29 is 4.79 Å². The molecule has 0 aromatic carbocycles. The van der Waals surface area contributed by atoms with Crippen molar-refractivity contribution in [2.24, 2.45) is 0 Å². The molecule has 0 bridgehead atoms. The van der Waals surface area contributed by atoms with Gasteiger partial charge in [0.05, 0.1) is 0 Å². The lowest BCUT2D eigenvalue weighted by Gasteiger charge is -2.16. The third-order valence-electron chi connectivity index (χ3n) is 4.14. The highest BCUT2D eigenvalue weighted by Gasteiger charge is 2.16. The molecule has 1 aliphatic rings. The van der Waals surface area contributed by atoms with Crippen LogP contribution in [-0.4, -0.2) is 28.5 Å². The maximum Gasteiger partial charge on any atom is 0.270 e. The van der Waals surface area contributed by atoms with E-state index in [0.29, 0.717) is 17.7 Å². The van der Waals surface area contributed by atoms with Crippen LogP contribution in [0, 0.1) is 0 Å². The molecule has 0 saturated heterocycles. The average Bonchev–Trinajstić information content (AvgIpc) is 2.80. The highest BCUT2D eigenvalue weighted by molar-refractivity contribution is 5.92. The van der Waals surface area contributed by atoms with E-state index in [4.69, 9.17) is 0 Å². The zero-order chi connectivity index (χ0) is 15.6. The maximum atomic E-state index is 12.3. The smallest absolute Gasteiger partial charge is 0.270 e. The molecule has 5 heteroatoms. The largest absolute Gasteiger partial charge is 0.354 e. The molecule has 1 amide bonds. The van der Waals surface area contributed by atoms with Gasteiger partial charge >= 0.3 is 0 Å². The zero-order valence-corrected chi connectivity index (χ0v) is 13.6. The third kappa shape index (κ3) is 5.62. The molecule has 0 atom stereocenters. The van der Waals surface area contributed by atoms with Gasteiger partial charge in [0.2, 0.25) is 5.95 Å². The Balaban J connectivity index is 1.86. The molecule has 2 N–H and O–H groups in total. The van der Waals surface area contributed by atoms with Gasteiger partial charge in [-0.25, -0.2) is 9.97 Å². The van der Waals surface area contributed by atoms with Crippen LogP contribution in [0.15, 0.2) is 12.3 Å². The molecule has 1 aromatic heterocycles. The Morgan fingerprint density at radius 1 is 1.23 bits per heavy atom. The van der Waals surface area contributed by atoms with Crippen LogP contribution in [0.4, 0.5) is 5.95 Å². The van der Waals surface area contributed by atoms with Gasteiger partial charge in [-0.05, 0) is 25.3 Å². The maximum absolute atomic E-state index is 12.3. The van der Waals surface area contributed by atoms with E-state index in [-0.39, 0.29) is 5.91 Å². The van der Waals surface area contributed by atoms with Gasteiger partial charge in [-0.3, -0.25) is 4.79 Å². The van der Waals surface area contributed by atoms with E-state index in [1.54, 1.807) is 12.3 Å². The molecule has 5 nitrogen and oxygen atoms in total. The van der Waals surface area contributed by atoms with E-state index < -0.39 is 0 Å². The Kier molecular flexibility index (Phi) is 7.13. The molecule has 0 spiro atoms. The second kappa shape index (κ2) is 9.38. The third-order valence-corrected chi connectivity index (χ3v) is 4.14. The second-order valence-electron chi connectivity index (χ2n) is 6.06. The number of nitrogens with one attached hydrogen (secondary N) is 2. The van der Waals surface area contributed by atoms with Crippen LogP contribution in [-0.2, 0) is 0 Å². The summed E-state index contributed by atoms with van der Waals surface area (Å²) in [5, 5.41) is 6.31. The van der Waals surface area contributed by atoms with Crippen LogP contribution >= 0.6 is 0 Å². The van der Waals surface area contributed by atoms with Crippen molar-refractivity contribution in [3.63, 3.8) is 0 Å². The number of carbonyl (C=O) groups is 1. The molecular formula is C17H28N4O. The number of nitrogens with zero attached hydrogens (tertiary/aromatic N) is 2. The van der Waals surface area contributed by atoms with Crippen molar-refractivity contribution >= 4 is 11.9 Å². The van der Waals surface area contributed by atoms with E-state index in [0.717, 1.165) is 25.8 Å². The minimum absolute atomic E-state index is 0.0779. The summed E-state index contributed by atoms with van der Waals surface area (Å²) in [5.74, 6) is 0.468. The van der Waals surface area contributed by atoms with Gasteiger partial charge in [0.15, 0.2) is 0 Å². The van der Waals surface area contributed by atoms with E-state index in [1.165, 1.54) is 38.5 Å². The summed E-state index contributed by atoms with van der Waals surface area (Å²) < 4.78 is 0. The first-order valence-electron chi connectivity index (χ1n) is 8.67. The molecule has 1 heterocycles. The van der Waals surface area contributed by atoms with Crippen molar-refractivity contribution in [1.29, 1.82) is 0 Å². The van der Waals surface area contributed by atoms with Gasteiger partial charge in [-0.2, -0.15) is 0 Å². The zero-order valence-electron chi connectivity index (χ0n) is 13.6. The van der Waals surface area contributed by atoms with E-state index in [2.05, 4.69) is 27.5 Å². The molecule has 1 aliphatic carbocycles. The Labute approximate surface area is 133 Å². The summed E-state index contributed by atoms with van der Waals surface area (Å²) in [5.41, 5.74) is 0.456. The number of aromatic nitrogens is 2. The SMILES string of the molecule is CCCCCNc1nccc(C(=O)NC2CCCCCC2)n1. The Hall–Kier alpha value is -1.65.